The average molecular weight is 252 g/mol. The van der Waals surface area contributed by atoms with Gasteiger partial charge in [-0.2, -0.15) is 0 Å². The van der Waals surface area contributed by atoms with E-state index in [1.165, 1.54) is 25.3 Å². The molecule has 0 radical (unpaired) electrons. The molecule has 0 spiro atoms. The average Bonchev–Trinajstić information content (AvgIpc) is 2.35. The number of benzene rings is 1. The molecule has 0 bridgehead atoms. The molecule has 0 aromatic heterocycles. The summed E-state index contributed by atoms with van der Waals surface area (Å²) in [6.45, 7) is -0.678. The monoisotopic (exact) mass is 252 g/mol. The van der Waals surface area contributed by atoms with Crippen molar-refractivity contribution < 1.29 is 29.3 Å². The molecule has 0 atom stereocenters. The van der Waals surface area contributed by atoms with Gasteiger partial charge in [0.15, 0.2) is 18.1 Å². The first-order valence-electron chi connectivity index (χ1n) is 4.96. The highest BCUT2D eigenvalue weighted by Gasteiger charge is 2.03. The highest BCUT2D eigenvalue weighted by atomic mass is 16.5. The Hall–Kier alpha value is -2.50. The predicted octanol–water partition coefficient (Wildman–Crippen LogP) is 1.04. The van der Waals surface area contributed by atoms with Crippen molar-refractivity contribution in [2.45, 2.75) is 0 Å². The van der Waals surface area contributed by atoms with E-state index >= 15 is 0 Å². The van der Waals surface area contributed by atoms with E-state index in [1.54, 1.807) is 6.07 Å². The number of carboxylic acids is 1. The number of aromatic hydroxyl groups is 1. The Kier molecular flexibility index (Phi) is 4.74. The van der Waals surface area contributed by atoms with E-state index in [0.29, 0.717) is 5.56 Å². The van der Waals surface area contributed by atoms with Crippen LogP contribution in [0.4, 0.5) is 0 Å². The molecule has 0 saturated carbocycles. The fourth-order valence-electron chi connectivity index (χ4n) is 1.14. The molecule has 0 aliphatic carbocycles. The Bertz CT molecular complexity index is 477. The van der Waals surface area contributed by atoms with Crippen LogP contribution < -0.4 is 4.74 Å². The number of methoxy groups -OCH3 is 1. The highest BCUT2D eigenvalue weighted by molar-refractivity contribution is 5.88. The SMILES string of the molecule is COc1cc(/C=C/C(=O)OCC(=O)O)ccc1O. The fourth-order valence-corrected chi connectivity index (χ4v) is 1.14. The van der Waals surface area contributed by atoms with Gasteiger partial charge in [-0.25, -0.2) is 9.59 Å². The first-order chi connectivity index (χ1) is 8.52. The van der Waals surface area contributed by atoms with Gasteiger partial charge >= 0.3 is 11.9 Å². The second kappa shape index (κ2) is 6.29. The van der Waals surface area contributed by atoms with Crippen LogP contribution in [0.15, 0.2) is 24.3 Å². The Morgan fingerprint density at radius 1 is 1.39 bits per heavy atom. The Labute approximate surface area is 103 Å². The maximum absolute atomic E-state index is 11.1. The van der Waals surface area contributed by atoms with Gasteiger partial charge < -0.3 is 19.7 Å². The Balaban J connectivity index is 2.66. The zero-order chi connectivity index (χ0) is 13.5. The quantitative estimate of drug-likeness (QED) is 0.600. The molecule has 0 saturated heterocycles. The standard InChI is InChI=1S/C12H12O6/c1-17-10-6-8(2-4-9(10)13)3-5-12(16)18-7-11(14)15/h2-6,13H,7H2,1H3,(H,14,15)/b5-3+. The van der Waals surface area contributed by atoms with E-state index < -0.39 is 18.5 Å². The third-order valence-electron chi connectivity index (χ3n) is 1.95. The van der Waals surface area contributed by atoms with Gasteiger partial charge in [0.05, 0.1) is 7.11 Å². The summed E-state index contributed by atoms with van der Waals surface area (Å²) in [5.74, 6) is -1.72. The molecule has 96 valence electrons. The van der Waals surface area contributed by atoms with Crippen molar-refractivity contribution in [3.8, 4) is 11.5 Å². The van der Waals surface area contributed by atoms with Crippen LogP contribution in [0, 0.1) is 0 Å². The molecule has 0 amide bonds. The smallest absolute Gasteiger partial charge is 0.341 e. The Morgan fingerprint density at radius 2 is 2.11 bits per heavy atom. The Morgan fingerprint density at radius 3 is 2.72 bits per heavy atom. The molecule has 1 rings (SSSR count). The van der Waals surface area contributed by atoms with E-state index in [0.717, 1.165) is 6.08 Å². The maximum atomic E-state index is 11.1. The second-order valence-corrected chi connectivity index (χ2v) is 3.27. The van der Waals surface area contributed by atoms with Crippen molar-refractivity contribution in [3.05, 3.63) is 29.8 Å². The molecule has 6 nitrogen and oxygen atoms in total. The lowest BCUT2D eigenvalue weighted by atomic mass is 10.2. The van der Waals surface area contributed by atoms with Crippen molar-refractivity contribution in [3.63, 3.8) is 0 Å². The summed E-state index contributed by atoms with van der Waals surface area (Å²) in [7, 11) is 1.41. The summed E-state index contributed by atoms with van der Waals surface area (Å²) in [4.78, 5) is 21.2. The number of carbonyl (C=O) groups is 2. The van der Waals surface area contributed by atoms with Crippen molar-refractivity contribution in [1.29, 1.82) is 0 Å². The molecule has 18 heavy (non-hydrogen) atoms. The summed E-state index contributed by atoms with van der Waals surface area (Å²) in [5.41, 5.74) is 0.608. The normalized spacial score (nSPS) is 10.3. The molecule has 0 heterocycles. The van der Waals surface area contributed by atoms with Crippen molar-refractivity contribution >= 4 is 18.0 Å². The van der Waals surface area contributed by atoms with Crippen LogP contribution in [0.5, 0.6) is 11.5 Å². The number of rotatable bonds is 5. The van der Waals surface area contributed by atoms with Crippen LogP contribution >= 0.6 is 0 Å². The summed E-state index contributed by atoms with van der Waals surface area (Å²) in [5, 5.41) is 17.7. The molecule has 6 heteroatoms. The fraction of sp³-hybridized carbons (Fsp3) is 0.167. The van der Waals surface area contributed by atoms with Gasteiger partial charge in [-0.1, -0.05) is 6.07 Å². The number of phenolic OH excluding ortho intramolecular Hbond substituents is 1. The zero-order valence-electron chi connectivity index (χ0n) is 9.62. The van der Waals surface area contributed by atoms with Crippen molar-refractivity contribution in [1.82, 2.24) is 0 Å². The zero-order valence-corrected chi connectivity index (χ0v) is 9.62. The second-order valence-electron chi connectivity index (χ2n) is 3.27. The van der Waals surface area contributed by atoms with Crippen LogP contribution in [0.3, 0.4) is 0 Å². The van der Waals surface area contributed by atoms with Gasteiger partial charge in [0.2, 0.25) is 0 Å². The number of carbonyl (C=O) groups excluding carboxylic acids is 1. The first-order valence-corrected chi connectivity index (χ1v) is 4.96. The summed E-state index contributed by atoms with van der Waals surface area (Å²) >= 11 is 0. The van der Waals surface area contributed by atoms with Crippen LogP contribution in [-0.2, 0) is 14.3 Å². The molecule has 0 aliphatic rings. The lowest BCUT2D eigenvalue weighted by Gasteiger charge is -2.03. The van der Waals surface area contributed by atoms with Gasteiger partial charge in [0.25, 0.3) is 0 Å². The van der Waals surface area contributed by atoms with Crippen molar-refractivity contribution in [2.75, 3.05) is 13.7 Å². The molecule has 0 fully saturated rings. The minimum Gasteiger partial charge on any atom is -0.504 e. The van der Waals surface area contributed by atoms with Crippen LogP contribution in [-0.4, -0.2) is 35.9 Å². The number of ether oxygens (including phenoxy) is 2. The van der Waals surface area contributed by atoms with E-state index in [-0.39, 0.29) is 11.5 Å². The number of hydrogen-bond donors (Lipinski definition) is 2. The number of hydrogen-bond acceptors (Lipinski definition) is 5. The third-order valence-corrected chi connectivity index (χ3v) is 1.95. The molecule has 1 aromatic carbocycles. The third kappa shape index (κ3) is 4.17. The van der Waals surface area contributed by atoms with Crippen LogP contribution in [0.2, 0.25) is 0 Å². The molecule has 0 aliphatic heterocycles. The van der Waals surface area contributed by atoms with Gasteiger partial charge in [0, 0.05) is 6.08 Å². The van der Waals surface area contributed by atoms with E-state index in [4.69, 9.17) is 9.84 Å². The molecule has 2 N–H and O–H groups in total. The van der Waals surface area contributed by atoms with Crippen molar-refractivity contribution in [2.24, 2.45) is 0 Å². The number of esters is 1. The van der Waals surface area contributed by atoms with E-state index in [1.807, 2.05) is 0 Å². The number of phenols is 1. The highest BCUT2D eigenvalue weighted by Crippen LogP contribution is 2.26. The minimum atomic E-state index is -1.22. The van der Waals surface area contributed by atoms with Gasteiger partial charge in [0.1, 0.15) is 0 Å². The minimum absolute atomic E-state index is 0.0110. The van der Waals surface area contributed by atoms with Crippen LogP contribution in [0.25, 0.3) is 6.08 Å². The van der Waals surface area contributed by atoms with Gasteiger partial charge in [-0.3, -0.25) is 0 Å². The number of carboxylic acid groups (broad SMARTS) is 1. The van der Waals surface area contributed by atoms with Crippen LogP contribution in [0.1, 0.15) is 5.56 Å². The summed E-state index contributed by atoms with van der Waals surface area (Å²) in [6.07, 6.45) is 2.51. The lowest BCUT2D eigenvalue weighted by molar-refractivity contribution is -0.151. The predicted molar refractivity (Wildman–Crippen MR) is 62.3 cm³/mol. The molecule has 1 aromatic rings. The molecular weight excluding hydrogens is 240 g/mol. The van der Waals surface area contributed by atoms with E-state index in [2.05, 4.69) is 4.74 Å². The topological polar surface area (TPSA) is 93.1 Å². The molecule has 0 unspecified atom stereocenters. The summed E-state index contributed by atoms with van der Waals surface area (Å²) in [6, 6.07) is 4.51. The van der Waals surface area contributed by atoms with Gasteiger partial charge in [-0.05, 0) is 23.8 Å². The number of aliphatic carboxylic acids is 1. The summed E-state index contributed by atoms with van der Waals surface area (Å²) < 4.78 is 9.29. The lowest BCUT2D eigenvalue weighted by Crippen LogP contribution is -2.10. The first kappa shape index (κ1) is 13.6. The molecular formula is C12H12O6. The van der Waals surface area contributed by atoms with E-state index in [9.17, 15) is 14.7 Å². The largest absolute Gasteiger partial charge is 0.504 e. The maximum Gasteiger partial charge on any atom is 0.341 e. The van der Waals surface area contributed by atoms with Gasteiger partial charge in [-0.15, -0.1) is 0 Å².